The van der Waals surface area contributed by atoms with Crippen LogP contribution >= 0.6 is 0 Å². The average molecular weight is 459 g/mol. The Morgan fingerprint density at radius 3 is 2.71 bits per heavy atom. The first-order chi connectivity index (χ1) is 16.3. The summed E-state index contributed by atoms with van der Waals surface area (Å²) in [6.45, 7) is 7.84. The summed E-state index contributed by atoms with van der Waals surface area (Å²) in [6.07, 6.45) is 2.66. The van der Waals surface area contributed by atoms with Crippen LogP contribution in [-0.4, -0.2) is 36.2 Å². The number of benzene rings is 2. The average Bonchev–Trinajstić information content (AvgIpc) is 3.24. The van der Waals surface area contributed by atoms with Crippen molar-refractivity contribution in [2.75, 3.05) is 0 Å². The molecule has 0 amide bonds. The Morgan fingerprint density at radius 1 is 1.06 bits per heavy atom. The van der Waals surface area contributed by atoms with Crippen molar-refractivity contribution in [1.29, 1.82) is 0 Å². The van der Waals surface area contributed by atoms with Crippen molar-refractivity contribution >= 4 is 28.7 Å². The summed E-state index contributed by atoms with van der Waals surface area (Å²) in [5.74, 6) is -1.91. The van der Waals surface area contributed by atoms with E-state index in [0.717, 1.165) is 27.5 Å². The fourth-order valence-electron chi connectivity index (χ4n) is 5.08. The number of hydrogen-bond donors (Lipinski definition) is 0. The van der Waals surface area contributed by atoms with Crippen LogP contribution in [0.1, 0.15) is 30.9 Å². The summed E-state index contributed by atoms with van der Waals surface area (Å²) in [5.41, 5.74) is 3.64. The highest BCUT2D eigenvalue weighted by molar-refractivity contribution is 5.93. The van der Waals surface area contributed by atoms with Gasteiger partial charge in [0.2, 0.25) is 0 Å². The number of aryl methyl sites for hydroxylation is 1. The van der Waals surface area contributed by atoms with Crippen LogP contribution in [0.2, 0.25) is 0 Å². The summed E-state index contributed by atoms with van der Waals surface area (Å²) in [4.78, 5) is 37.8. The zero-order valence-electron chi connectivity index (χ0n) is 19.2. The molecule has 0 aromatic heterocycles. The largest absolute Gasteiger partial charge is 0.458 e. The molecule has 0 saturated carbocycles. The molecule has 2 heterocycles. The lowest BCUT2D eigenvalue weighted by molar-refractivity contribution is -0.149. The molecule has 1 fully saturated rings. The smallest absolute Gasteiger partial charge is 0.334 e. The van der Waals surface area contributed by atoms with Crippen molar-refractivity contribution in [2.45, 2.75) is 51.4 Å². The minimum absolute atomic E-state index is 0.0951. The minimum Gasteiger partial charge on any atom is -0.458 e. The van der Waals surface area contributed by atoms with Gasteiger partial charge in [0.25, 0.3) is 0 Å². The molecule has 5 rings (SSSR count). The van der Waals surface area contributed by atoms with E-state index < -0.39 is 36.0 Å². The number of rotatable bonds is 3. The molecule has 34 heavy (non-hydrogen) atoms. The zero-order chi connectivity index (χ0) is 24.0. The van der Waals surface area contributed by atoms with Crippen LogP contribution in [0.5, 0.6) is 0 Å². The lowest BCUT2D eigenvalue weighted by Crippen LogP contribution is -2.33. The van der Waals surface area contributed by atoms with Gasteiger partial charge in [-0.05, 0) is 42.3 Å². The van der Waals surface area contributed by atoms with Crippen molar-refractivity contribution in [2.24, 2.45) is 5.92 Å². The highest BCUT2D eigenvalue weighted by atomic mass is 16.6. The van der Waals surface area contributed by atoms with Crippen molar-refractivity contribution in [3.63, 3.8) is 0 Å². The van der Waals surface area contributed by atoms with Crippen LogP contribution < -0.4 is 0 Å². The van der Waals surface area contributed by atoms with Crippen molar-refractivity contribution in [1.82, 2.24) is 0 Å². The molecule has 6 nitrogen and oxygen atoms in total. The highest BCUT2D eigenvalue weighted by Crippen LogP contribution is 2.38. The molecule has 1 aliphatic carbocycles. The Morgan fingerprint density at radius 2 is 1.88 bits per heavy atom. The maximum Gasteiger partial charge on any atom is 0.334 e. The molecule has 2 aliphatic heterocycles. The molecular weight excluding hydrogens is 432 g/mol. The van der Waals surface area contributed by atoms with Crippen molar-refractivity contribution in [3.05, 3.63) is 83.0 Å². The number of fused-ring (bicyclic) bond motifs is 3. The maximum absolute atomic E-state index is 13.1. The van der Waals surface area contributed by atoms with Gasteiger partial charge in [0.1, 0.15) is 18.3 Å². The Labute approximate surface area is 197 Å². The zero-order valence-corrected chi connectivity index (χ0v) is 19.2. The molecule has 3 aliphatic rings. The molecule has 2 bridgehead atoms. The lowest BCUT2D eigenvalue weighted by Gasteiger charge is -2.26. The second kappa shape index (κ2) is 8.60. The van der Waals surface area contributed by atoms with E-state index in [1.54, 1.807) is 6.08 Å². The van der Waals surface area contributed by atoms with E-state index >= 15 is 0 Å². The normalized spacial score (nSPS) is 27.9. The van der Waals surface area contributed by atoms with E-state index in [0.29, 0.717) is 12.0 Å². The van der Waals surface area contributed by atoms with Crippen molar-refractivity contribution in [3.8, 4) is 0 Å². The van der Waals surface area contributed by atoms with E-state index in [1.807, 2.05) is 50.3 Å². The molecule has 4 atom stereocenters. The summed E-state index contributed by atoms with van der Waals surface area (Å²) in [6, 6.07) is 12.0. The Kier molecular flexibility index (Phi) is 5.60. The lowest BCUT2D eigenvalue weighted by atomic mass is 9.85. The van der Waals surface area contributed by atoms with Crippen LogP contribution in [-0.2, 0) is 35.0 Å². The first-order valence-corrected chi connectivity index (χ1v) is 11.4. The number of carbonyl (C=O) groups excluding carboxylic acids is 3. The third kappa shape index (κ3) is 4.16. The Balaban J connectivity index is 1.43. The van der Waals surface area contributed by atoms with Gasteiger partial charge in [-0.15, -0.1) is 0 Å². The van der Waals surface area contributed by atoms with Gasteiger partial charge in [-0.2, -0.15) is 0 Å². The quantitative estimate of drug-likeness (QED) is 0.296. The van der Waals surface area contributed by atoms with E-state index in [2.05, 4.69) is 12.6 Å². The Bertz CT molecular complexity index is 1280. The monoisotopic (exact) mass is 458 g/mol. The fourth-order valence-corrected chi connectivity index (χ4v) is 5.08. The molecule has 6 heteroatoms. The van der Waals surface area contributed by atoms with Crippen LogP contribution in [0.4, 0.5) is 0 Å². The molecule has 2 aromatic carbocycles. The first kappa shape index (κ1) is 22.1. The summed E-state index contributed by atoms with van der Waals surface area (Å²) >= 11 is 0. The van der Waals surface area contributed by atoms with Crippen LogP contribution in [0.25, 0.3) is 10.8 Å². The van der Waals surface area contributed by atoms with Crippen LogP contribution in [0.15, 0.2) is 71.8 Å². The van der Waals surface area contributed by atoms with Crippen LogP contribution in [0, 0.1) is 12.8 Å². The number of carbonyl (C=O) groups is 3. The second-order valence-electron chi connectivity index (χ2n) is 9.32. The molecule has 2 aromatic rings. The van der Waals surface area contributed by atoms with E-state index in [9.17, 15) is 14.4 Å². The van der Waals surface area contributed by atoms with E-state index in [1.165, 1.54) is 0 Å². The maximum atomic E-state index is 13.1. The third-order valence-electron chi connectivity index (χ3n) is 6.71. The molecule has 0 radical (unpaired) electrons. The van der Waals surface area contributed by atoms with Gasteiger partial charge in [-0.25, -0.2) is 9.59 Å². The number of ether oxygens (including phenoxy) is 3. The fraction of sp³-hybridized carbons (Fsp3) is 0.321. The molecule has 1 saturated heterocycles. The minimum atomic E-state index is -0.734. The molecular formula is C28H26O6. The number of esters is 3. The van der Waals surface area contributed by atoms with Gasteiger partial charge in [0.05, 0.1) is 12.3 Å². The first-order valence-electron chi connectivity index (χ1n) is 11.4. The highest BCUT2D eigenvalue weighted by Gasteiger charge is 2.46. The summed E-state index contributed by atoms with van der Waals surface area (Å²) < 4.78 is 16.9. The van der Waals surface area contributed by atoms with Gasteiger partial charge in [0, 0.05) is 24.0 Å². The van der Waals surface area contributed by atoms with E-state index in [-0.39, 0.29) is 24.5 Å². The van der Waals surface area contributed by atoms with Crippen molar-refractivity contribution < 1.29 is 28.6 Å². The van der Waals surface area contributed by atoms with Gasteiger partial charge in [-0.3, -0.25) is 4.79 Å². The molecule has 0 N–H and O–H groups in total. The SMILES string of the molecule is C=C1C(=O)OC2CC3=C[C@@H](C/C(C)=C/C(OC(=O)Cc4cccc5cc(C)ccc45)[C@H]12)OC3=O. The van der Waals surface area contributed by atoms with Gasteiger partial charge < -0.3 is 14.2 Å². The summed E-state index contributed by atoms with van der Waals surface area (Å²) in [7, 11) is 0. The van der Waals surface area contributed by atoms with E-state index in [4.69, 9.17) is 14.2 Å². The topological polar surface area (TPSA) is 78.9 Å². The predicted molar refractivity (Wildman–Crippen MR) is 126 cm³/mol. The Hall–Kier alpha value is -3.67. The second-order valence-corrected chi connectivity index (χ2v) is 9.32. The van der Waals surface area contributed by atoms with Crippen LogP contribution in [0.3, 0.4) is 0 Å². The third-order valence-corrected chi connectivity index (χ3v) is 6.71. The van der Waals surface area contributed by atoms with Gasteiger partial charge in [0.15, 0.2) is 0 Å². The van der Waals surface area contributed by atoms with Gasteiger partial charge >= 0.3 is 17.9 Å². The molecule has 2 unspecified atom stereocenters. The molecule has 174 valence electrons. The molecule has 0 spiro atoms. The standard InChI is InChI=1S/C28H26O6/c1-15-7-8-22-18(9-15)5-4-6-19(22)14-25(29)33-23-11-16(2)10-21-12-20(28(31)32-21)13-24-26(23)17(3)27(30)34-24/h4-9,11-12,21,23-24,26H,3,10,13-14H2,1-2H3/b16-11+/t21-,23?,24?,26+/m1/s1. The van der Waals surface area contributed by atoms with Gasteiger partial charge in [-0.1, -0.05) is 54.1 Å². The summed E-state index contributed by atoms with van der Waals surface area (Å²) in [5, 5.41) is 2.07. The predicted octanol–water partition coefficient (Wildman–Crippen LogP) is 4.29. The number of hydrogen-bond acceptors (Lipinski definition) is 6.